The molecule has 0 aliphatic rings. The number of hydrogen-bond acceptors (Lipinski definition) is 3. The van der Waals surface area contributed by atoms with E-state index in [1.165, 1.54) is 12.3 Å². The van der Waals surface area contributed by atoms with E-state index in [-0.39, 0.29) is 28.6 Å². The highest BCUT2D eigenvalue weighted by molar-refractivity contribution is 6.34. The Labute approximate surface area is 167 Å². The van der Waals surface area contributed by atoms with Gasteiger partial charge < -0.3 is 8.98 Å². The molecule has 5 nitrogen and oxygen atoms in total. The molecule has 9 heteroatoms. The fraction of sp³-hybridized carbons (Fsp3) is 0.100. The predicted molar refractivity (Wildman–Crippen MR) is 102 cm³/mol. The Bertz CT molecular complexity index is 1180. The van der Waals surface area contributed by atoms with Crippen LogP contribution in [0.4, 0.5) is 19.1 Å². The van der Waals surface area contributed by atoms with Crippen LogP contribution in [0.5, 0.6) is 0 Å². The van der Waals surface area contributed by atoms with Crippen molar-refractivity contribution in [1.29, 1.82) is 0 Å². The monoisotopic (exact) mass is 419 g/mol. The first kappa shape index (κ1) is 19.1. The van der Waals surface area contributed by atoms with Gasteiger partial charge >= 0.3 is 6.18 Å². The molecule has 2 heterocycles. The zero-order valence-corrected chi connectivity index (χ0v) is 15.5. The predicted octanol–water partition coefficient (Wildman–Crippen LogP) is 5.60. The molecule has 2 aromatic carbocycles. The van der Waals surface area contributed by atoms with Crippen LogP contribution in [-0.4, -0.2) is 15.5 Å². The Morgan fingerprint density at radius 2 is 1.93 bits per heavy atom. The van der Waals surface area contributed by atoms with Crippen molar-refractivity contribution in [3.63, 3.8) is 0 Å². The lowest BCUT2D eigenvalue weighted by molar-refractivity contribution is -0.137. The largest absolute Gasteiger partial charge is 0.467 e. The lowest BCUT2D eigenvalue weighted by Crippen LogP contribution is -2.16. The zero-order chi connectivity index (χ0) is 20.6. The number of benzene rings is 2. The molecule has 4 rings (SSSR count). The summed E-state index contributed by atoms with van der Waals surface area (Å²) in [7, 11) is 0. The molecule has 0 unspecified atom stereocenters. The highest BCUT2D eigenvalue weighted by Crippen LogP contribution is 2.32. The summed E-state index contributed by atoms with van der Waals surface area (Å²) in [6, 6.07) is 13.1. The van der Waals surface area contributed by atoms with Crippen LogP contribution in [0, 0.1) is 0 Å². The molecule has 1 N–H and O–H groups in total. The number of carbonyl (C=O) groups is 1. The van der Waals surface area contributed by atoms with Crippen LogP contribution in [0.25, 0.3) is 11.0 Å². The second kappa shape index (κ2) is 7.29. The van der Waals surface area contributed by atoms with E-state index < -0.39 is 17.6 Å². The number of fused-ring (bicyclic) bond motifs is 1. The molecule has 29 heavy (non-hydrogen) atoms. The van der Waals surface area contributed by atoms with Crippen LogP contribution in [0.1, 0.15) is 21.7 Å². The number of amides is 1. The Kier molecular flexibility index (Phi) is 4.79. The summed E-state index contributed by atoms with van der Waals surface area (Å²) in [6.45, 7) is 0.174. The first-order valence-corrected chi connectivity index (χ1v) is 8.86. The molecule has 1 amide bonds. The minimum Gasteiger partial charge on any atom is -0.467 e. The third kappa shape index (κ3) is 3.84. The van der Waals surface area contributed by atoms with E-state index in [9.17, 15) is 18.0 Å². The van der Waals surface area contributed by atoms with Crippen molar-refractivity contribution in [2.24, 2.45) is 0 Å². The number of hydrogen-bond donors (Lipinski definition) is 1. The van der Waals surface area contributed by atoms with Crippen LogP contribution in [0.2, 0.25) is 5.02 Å². The number of alkyl halides is 3. The third-order valence-corrected chi connectivity index (χ3v) is 4.64. The van der Waals surface area contributed by atoms with Gasteiger partial charge in [0.15, 0.2) is 0 Å². The van der Waals surface area contributed by atoms with E-state index in [1.54, 1.807) is 41.0 Å². The molecule has 0 aliphatic carbocycles. The van der Waals surface area contributed by atoms with Gasteiger partial charge in [-0.2, -0.15) is 13.2 Å². The van der Waals surface area contributed by atoms with Gasteiger partial charge in [0.05, 0.1) is 40.0 Å². The first-order chi connectivity index (χ1) is 13.8. The zero-order valence-electron chi connectivity index (χ0n) is 14.7. The smallest absolute Gasteiger partial charge is 0.416 e. The van der Waals surface area contributed by atoms with Crippen molar-refractivity contribution >= 4 is 34.5 Å². The van der Waals surface area contributed by atoms with Crippen LogP contribution >= 0.6 is 11.6 Å². The van der Waals surface area contributed by atoms with Gasteiger partial charge in [0.25, 0.3) is 5.91 Å². The van der Waals surface area contributed by atoms with E-state index in [0.29, 0.717) is 11.3 Å². The van der Waals surface area contributed by atoms with Crippen LogP contribution in [0.3, 0.4) is 0 Å². The molecule has 4 aromatic rings. The standard InChI is InChI=1S/C20H13ClF3N3O2/c21-15-6-2-1-5-14(15)18(28)26-19-25-16-10-12(20(22,23)24)7-8-17(16)27(19)11-13-4-3-9-29-13/h1-10H,11H2,(H,25,26,28). The van der Waals surface area contributed by atoms with Crippen molar-refractivity contribution in [3.8, 4) is 0 Å². The summed E-state index contributed by atoms with van der Waals surface area (Å²) in [5.74, 6) is 0.112. The molecule has 0 atom stereocenters. The molecular formula is C20H13ClF3N3O2. The molecule has 0 bridgehead atoms. The summed E-state index contributed by atoms with van der Waals surface area (Å²) in [4.78, 5) is 16.8. The number of rotatable bonds is 4. The van der Waals surface area contributed by atoms with Crippen LogP contribution in [0.15, 0.2) is 65.3 Å². The van der Waals surface area contributed by atoms with E-state index in [4.69, 9.17) is 16.0 Å². The minimum absolute atomic E-state index is 0.0839. The molecule has 0 aliphatic heterocycles. The first-order valence-electron chi connectivity index (χ1n) is 8.48. The molecule has 2 aromatic heterocycles. The average molecular weight is 420 g/mol. The van der Waals surface area contributed by atoms with Crippen molar-refractivity contribution in [2.45, 2.75) is 12.7 Å². The van der Waals surface area contributed by atoms with Gasteiger partial charge in [-0.05, 0) is 42.5 Å². The Hall–Kier alpha value is -3.26. The highest BCUT2D eigenvalue weighted by atomic mass is 35.5. The van der Waals surface area contributed by atoms with Gasteiger partial charge in [-0.3, -0.25) is 10.1 Å². The second-order valence-corrected chi connectivity index (χ2v) is 6.64. The quantitative estimate of drug-likeness (QED) is 0.468. The topological polar surface area (TPSA) is 60.1 Å². The fourth-order valence-corrected chi connectivity index (χ4v) is 3.16. The van der Waals surface area contributed by atoms with Crippen molar-refractivity contribution in [3.05, 3.63) is 82.8 Å². The summed E-state index contributed by atoms with van der Waals surface area (Å²) in [5.41, 5.74) is -0.0805. The van der Waals surface area contributed by atoms with Gasteiger partial charge in [0, 0.05) is 0 Å². The lowest BCUT2D eigenvalue weighted by atomic mass is 10.2. The number of nitrogens with one attached hydrogen (secondary N) is 1. The van der Waals surface area contributed by atoms with E-state index in [2.05, 4.69) is 10.3 Å². The van der Waals surface area contributed by atoms with Gasteiger partial charge in [0.1, 0.15) is 5.76 Å². The van der Waals surface area contributed by atoms with Gasteiger partial charge in [0.2, 0.25) is 5.95 Å². The molecule has 0 saturated carbocycles. The highest BCUT2D eigenvalue weighted by Gasteiger charge is 2.31. The lowest BCUT2D eigenvalue weighted by Gasteiger charge is -2.10. The van der Waals surface area contributed by atoms with E-state index in [1.807, 2.05) is 0 Å². The normalized spacial score (nSPS) is 11.7. The number of carbonyl (C=O) groups excluding carboxylic acids is 1. The maximum Gasteiger partial charge on any atom is 0.416 e. The maximum absolute atomic E-state index is 13.1. The fourth-order valence-electron chi connectivity index (χ4n) is 2.93. The maximum atomic E-state index is 13.1. The SMILES string of the molecule is O=C(Nc1nc2cc(C(F)(F)F)ccc2n1Cc1ccco1)c1ccccc1Cl. The molecule has 0 spiro atoms. The molecule has 0 saturated heterocycles. The summed E-state index contributed by atoms with van der Waals surface area (Å²) >= 11 is 6.06. The minimum atomic E-state index is -4.50. The number of imidazole rings is 1. The average Bonchev–Trinajstić information content (AvgIpc) is 3.29. The number of anilines is 1. The van der Waals surface area contributed by atoms with Crippen molar-refractivity contribution < 1.29 is 22.4 Å². The van der Waals surface area contributed by atoms with Gasteiger partial charge in [-0.15, -0.1) is 0 Å². The van der Waals surface area contributed by atoms with Crippen LogP contribution < -0.4 is 5.32 Å². The van der Waals surface area contributed by atoms with Crippen molar-refractivity contribution in [2.75, 3.05) is 5.32 Å². The molecule has 0 fully saturated rings. The number of halogens is 4. The Morgan fingerprint density at radius 3 is 2.62 bits per heavy atom. The Morgan fingerprint density at radius 1 is 1.14 bits per heavy atom. The summed E-state index contributed by atoms with van der Waals surface area (Å²) < 4.78 is 46.1. The van der Waals surface area contributed by atoms with Crippen molar-refractivity contribution in [1.82, 2.24) is 9.55 Å². The molecule has 148 valence electrons. The summed E-state index contributed by atoms with van der Waals surface area (Å²) in [5, 5.41) is 2.88. The van der Waals surface area contributed by atoms with E-state index >= 15 is 0 Å². The van der Waals surface area contributed by atoms with Crippen LogP contribution in [-0.2, 0) is 12.7 Å². The number of furan rings is 1. The van der Waals surface area contributed by atoms with Gasteiger partial charge in [-0.1, -0.05) is 23.7 Å². The third-order valence-electron chi connectivity index (χ3n) is 4.31. The molecule has 0 radical (unpaired) electrons. The Balaban J connectivity index is 1.78. The number of aromatic nitrogens is 2. The van der Waals surface area contributed by atoms with Gasteiger partial charge in [-0.25, -0.2) is 4.98 Å². The van der Waals surface area contributed by atoms with E-state index in [0.717, 1.165) is 12.1 Å². The second-order valence-electron chi connectivity index (χ2n) is 6.24. The summed E-state index contributed by atoms with van der Waals surface area (Å²) in [6.07, 6.45) is -3.02. The molecular weight excluding hydrogens is 407 g/mol. The number of nitrogens with zero attached hydrogens (tertiary/aromatic N) is 2.